The van der Waals surface area contributed by atoms with Gasteiger partial charge in [-0.1, -0.05) is 17.5 Å². The average Bonchev–Trinajstić information content (AvgIpc) is 3.22. The molecule has 21 heavy (non-hydrogen) atoms. The Hall–Kier alpha value is -1.70. The first-order valence-electron chi connectivity index (χ1n) is 6.80. The summed E-state index contributed by atoms with van der Waals surface area (Å²) in [5.74, 6) is 3.08. The molecule has 3 nitrogen and oxygen atoms in total. The number of nitrogen functional groups attached to an aromatic ring is 1. The third-order valence-electron chi connectivity index (χ3n) is 3.63. The maximum atomic E-state index is 12.7. The van der Waals surface area contributed by atoms with Crippen LogP contribution in [0, 0.1) is 18.3 Å². The lowest BCUT2D eigenvalue weighted by Gasteiger charge is -2.19. The summed E-state index contributed by atoms with van der Waals surface area (Å²) in [5.41, 5.74) is 6.64. The molecule has 5 heteroatoms. The van der Waals surface area contributed by atoms with Crippen LogP contribution in [0.3, 0.4) is 0 Å². The second-order valence-electron chi connectivity index (χ2n) is 5.32. The van der Waals surface area contributed by atoms with Crippen molar-refractivity contribution in [3.05, 3.63) is 28.1 Å². The van der Waals surface area contributed by atoms with Gasteiger partial charge in [-0.3, -0.25) is 4.79 Å². The van der Waals surface area contributed by atoms with Crippen molar-refractivity contribution in [3.8, 4) is 12.3 Å². The van der Waals surface area contributed by atoms with Gasteiger partial charge in [-0.2, -0.15) is 0 Å². The van der Waals surface area contributed by atoms with E-state index in [1.165, 1.54) is 24.2 Å². The number of halogens is 1. The molecule has 2 aromatic rings. The molecule has 0 aliphatic heterocycles. The van der Waals surface area contributed by atoms with Gasteiger partial charge in [-0.15, -0.1) is 17.8 Å². The monoisotopic (exact) mass is 318 g/mol. The fraction of sp³-hybridized carbons (Fsp3) is 0.312. The van der Waals surface area contributed by atoms with Gasteiger partial charge < -0.3 is 10.6 Å². The van der Waals surface area contributed by atoms with E-state index in [0.29, 0.717) is 28.0 Å². The number of anilines is 1. The van der Waals surface area contributed by atoms with Crippen LogP contribution in [0.1, 0.15) is 22.5 Å². The molecule has 0 spiro atoms. The van der Waals surface area contributed by atoms with E-state index in [0.717, 1.165) is 16.6 Å². The summed E-state index contributed by atoms with van der Waals surface area (Å²) in [4.78, 5) is 15.0. The average molecular weight is 319 g/mol. The van der Waals surface area contributed by atoms with E-state index in [1.54, 1.807) is 17.0 Å². The molecule has 3 rings (SSSR count). The Kier molecular flexibility index (Phi) is 3.79. The SMILES string of the molecule is C#CCN(CC1CC1)C(=O)c1sc2ccc(Cl)cc2c1N. The number of amides is 1. The number of nitrogens with two attached hydrogens (primary N) is 1. The van der Waals surface area contributed by atoms with Crippen molar-refractivity contribution in [1.29, 1.82) is 0 Å². The summed E-state index contributed by atoms with van der Waals surface area (Å²) in [6.45, 7) is 1.04. The maximum absolute atomic E-state index is 12.7. The fourth-order valence-corrected chi connectivity index (χ4v) is 3.58. The summed E-state index contributed by atoms with van der Waals surface area (Å²) < 4.78 is 0.965. The first-order chi connectivity index (χ1) is 10.1. The van der Waals surface area contributed by atoms with Gasteiger partial charge in [-0.25, -0.2) is 0 Å². The lowest BCUT2D eigenvalue weighted by atomic mass is 10.2. The van der Waals surface area contributed by atoms with Crippen molar-refractivity contribution >= 4 is 44.6 Å². The molecule has 0 bridgehead atoms. The molecular weight excluding hydrogens is 304 g/mol. The number of rotatable bonds is 4. The molecule has 2 N–H and O–H groups in total. The Balaban J connectivity index is 1.95. The van der Waals surface area contributed by atoms with E-state index >= 15 is 0 Å². The fourth-order valence-electron chi connectivity index (χ4n) is 2.33. The van der Waals surface area contributed by atoms with Crippen LogP contribution in [-0.4, -0.2) is 23.9 Å². The number of nitrogens with zero attached hydrogens (tertiary/aromatic N) is 1. The molecular formula is C16H15ClN2OS. The minimum Gasteiger partial charge on any atom is -0.397 e. The number of fused-ring (bicyclic) bond motifs is 1. The van der Waals surface area contributed by atoms with Gasteiger partial charge in [0, 0.05) is 21.7 Å². The van der Waals surface area contributed by atoms with Crippen LogP contribution < -0.4 is 5.73 Å². The number of thiophene rings is 1. The topological polar surface area (TPSA) is 46.3 Å². The Bertz CT molecular complexity index is 743. The van der Waals surface area contributed by atoms with Gasteiger partial charge >= 0.3 is 0 Å². The van der Waals surface area contributed by atoms with Crippen molar-refractivity contribution in [1.82, 2.24) is 4.90 Å². The minimum atomic E-state index is -0.0744. The largest absolute Gasteiger partial charge is 0.397 e. The van der Waals surface area contributed by atoms with Crippen LogP contribution in [0.5, 0.6) is 0 Å². The quantitative estimate of drug-likeness (QED) is 0.875. The van der Waals surface area contributed by atoms with E-state index in [1.807, 2.05) is 6.07 Å². The lowest BCUT2D eigenvalue weighted by Crippen LogP contribution is -2.33. The first kappa shape index (κ1) is 14.2. The summed E-state index contributed by atoms with van der Waals surface area (Å²) in [6.07, 6.45) is 7.73. The van der Waals surface area contributed by atoms with Crippen LogP contribution in [0.2, 0.25) is 5.02 Å². The lowest BCUT2D eigenvalue weighted by molar-refractivity contribution is 0.0775. The van der Waals surface area contributed by atoms with Gasteiger partial charge in [0.05, 0.1) is 12.2 Å². The van der Waals surface area contributed by atoms with Crippen LogP contribution in [-0.2, 0) is 0 Å². The maximum Gasteiger partial charge on any atom is 0.266 e. The summed E-state index contributed by atoms with van der Waals surface area (Å²) in [7, 11) is 0. The zero-order valence-electron chi connectivity index (χ0n) is 11.4. The molecule has 0 atom stereocenters. The van der Waals surface area contributed by atoms with Crippen LogP contribution in [0.4, 0.5) is 5.69 Å². The van der Waals surface area contributed by atoms with Gasteiger partial charge in [0.25, 0.3) is 5.91 Å². The Morgan fingerprint density at radius 2 is 2.29 bits per heavy atom. The molecule has 0 saturated heterocycles. The van der Waals surface area contributed by atoms with E-state index in [-0.39, 0.29) is 5.91 Å². The standard InChI is InChI=1S/C16H15ClN2OS/c1-2-7-19(9-10-3-4-10)16(20)15-14(18)12-8-11(17)5-6-13(12)21-15/h1,5-6,8,10H,3-4,7,9,18H2. The molecule has 1 aliphatic carbocycles. The highest BCUT2D eigenvalue weighted by atomic mass is 35.5. The summed E-state index contributed by atoms with van der Waals surface area (Å²) in [6, 6.07) is 5.49. The second-order valence-corrected chi connectivity index (χ2v) is 6.81. The number of terminal acetylenes is 1. The van der Waals surface area contributed by atoms with E-state index < -0.39 is 0 Å². The molecule has 0 radical (unpaired) electrons. The number of carbonyl (C=O) groups excluding carboxylic acids is 1. The van der Waals surface area contributed by atoms with E-state index in [9.17, 15) is 4.79 Å². The van der Waals surface area contributed by atoms with E-state index in [2.05, 4.69) is 5.92 Å². The van der Waals surface area contributed by atoms with Crippen molar-refractivity contribution in [3.63, 3.8) is 0 Å². The Morgan fingerprint density at radius 1 is 1.52 bits per heavy atom. The molecule has 1 amide bonds. The molecule has 1 aromatic heterocycles. The number of benzene rings is 1. The van der Waals surface area contributed by atoms with Crippen LogP contribution in [0.25, 0.3) is 10.1 Å². The first-order valence-corrected chi connectivity index (χ1v) is 8.00. The number of carbonyl (C=O) groups is 1. The van der Waals surface area contributed by atoms with Gasteiger partial charge in [-0.05, 0) is 37.0 Å². The minimum absolute atomic E-state index is 0.0744. The van der Waals surface area contributed by atoms with Crippen molar-refractivity contribution in [2.45, 2.75) is 12.8 Å². The zero-order chi connectivity index (χ0) is 15.0. The molecule has 0 unspecified atom stereocenters. The van der Waals surface area contributed by atoms with Crippen LogP contribution >= 0.6 is 22.9 Å². The summed E-state index contributed by atoms with van der Waals surface area (Å²) in [5, 5.41) is 1.45. The van der Waals surface area contributed by atoms with Gasteiger partial charge in [0.2, 0.25) is 0 Å². The Labute approximate surface area is 132 Å². The number of hydrogen-bond acceptors (Lipinski definition) is 3. The zero-order valence-corrected chi connectivity index (χ0v) is 13.0. The molecule has 1 heterocycles. The molecule has 1 aromatic carbocycles. The normalized spacial score (nSPS) is 14.1. The Morgan fingerprint density at radius 3 is 2.95 bits per heavy atom. The predicted molar refractivity (Wildman–Crippen MR) is 88.7 cm³/mol. The van der Waals surface area contributed by atoms with Crippen molar-refractivity contribution in [2.75, 3.05) is 18.8 Å². The van der Waals surface area contributed by atoms with Gasteiger partial charge in [0.1, 0.15) is 4.88 Å². The molecule has 1 saturated carbocycles. The molecule has 1 aliphatic rings. The smallest absolute Gasteiger partial charge is 0.266 e. The highest BCUT2D eigenvalue weighted by Gasteiger charge is 2.28. The predicted octanol–water partition coefficient (Wildman–Crippen LogP) is 3.62. The number of hydrogen-bond donors (Lipinski definition) is 1. The van der Waals surface area contributed by atoms with Gasteiger partial charge in [0.15, 0.2) is 0 Å². The molecule has 108 valence electrons. The molecule has 1 fully saturated rings. The second kappa shape index (κ2) is 5.59. The third-order valence-corrected chi connectivity index (χ3v) is 5.04. The van der Waals surface area contributed by atoms with Crippen LogP contribution in [0.15, 0.2) is 18.2 Å². The van der Waals surface area contributed by atoms with E-state index in [4.69, 9.17) is 23.8 Å². The summed E-state index contributed by atoms with van der Waals surface area (Å²) >= 11 is 7.40. The highest BCUT2D eigenvalue weighted by Crippen LogP contribution is 2.37. The third kappa shape index (κ3) is 2.85. The van der Waals surface area contributed by atoms with Crippen molar-refractivity contribution in [2.24, 2.45) is 5.92 Å². The van der Waals surface area contributed by atoms with Crippen molar-refractivity contribution < 1.29 is 4.79 Å². The highest BCUT2D eigenvalue weighted by molar-refractivity contribution is 7.21.